The van der Waals surface area contributed by atoms with E-state index in [0.29, 0.717) is 0 Å². The summed E-state index contributed by atoms with van der Waals surface area (Å²) in [5, 5.41) is -0.409. The van der Waals surface area contributed by atoms with Gasteiger partial charge in [0, 0.05) is 0 Å². The van der Waals surface area contributed by atoms with Gasteiger partial charge >= 0.3 is 0 Å². The highest BCUT2D eigenvalue weighted by Crippen LogP contribution is 1.79. The quantitative estimate of drug-likeness (QED) is 0.434. The number of hydrogen-bond donors (Lipinski definition) is 1. The second kappa shape index (κ2) is 5.60. The Bertz CT molecular complexity index is 46.8. The van der Waals surface area contributed by atoms with Gasteiger partial charge < -0.3 is 0 Å². The van der Waals surface area contributed by atoms with Gasteiger partial charge in [-0.1, -0.05) is 0 Å². The molecule has 0 fully saturated rings. The molecule has 0 radical (unpaired) electrons. The minimum Gasteiger partial charge on any atom is -0.280 e. The topological polar surface area (TPSA) is 17.1 Å². The maximum atomic E-state index is 9.50. The van der Waals surface area contributed by atoms with Gasteiger partial charge in [-0.2, -0.15) is 12.6 Å². The minimum atomic E-state index is -0.409. The van der Waals surface area contributed by atoms with Gasteiger partial charge in [-0.25, -0.2) is 0 Å². The Morgan fingerprint density at radius 3 is 2.00 bits per heavy atom. The SMILES string of the molecule is Cl.O=C(Cl)CS. The maximum Gasteiger partial charge on any atom is 0.231 e. The lowest BCUT2D eigenvalue weighted by Crippen LogP contribution is -1.81. The summed E-state index contributed by atoms with van der Waals surface area (Å²) in [5.41, 5.74) is 0. The highest BCUT2D eigenvalue weighted by molar-refractivity contribution is 7.81. The molecule has 0 unspecified atom stereocenters. The maximum absolute atomic E-state index is 9.50. The molecule has 1 nitrogen and oxygen atoms in total. The lowest BCUT2D eigenvalue weighted by Gasteiger charge is -1.67. The zero-order chi connectivity index (χ0) is 4.28. The van der Waals surface area contributed by atoms with E-state index in [4.69, 9.17) is 11.6 Å². The number of halogens is 2. The van der Waals surface area contributed by atoms with Crippen LogP contribution in [0.1, 0.15) is 0 Å². The van der Waals surface area contributed by atoms with E-state index in [1.807, 2.05) is 0 Å². The summed E-state index contributed by atoms with van der Waals surface area (Å²) in [6.45, 7) is 0. The monoisotopic (exact) mass is 146 g/mol. The number of carbonyl (C=O) groups excluding carboxylic acids is 1. The molecule has 6 heavy (non-hydrogen) atoms. The highest BCUT2D eigenvalue weighted by atomic mass is 35.5. The van der Waals surface area contributed by atoms with Crippen LogP contribution in [0.2, 0.25) is 0 Å². The molecule has 0 spiro atoms. The van der Waals surface area contributed by atoms with Crippen molar-refractivity contribution in [2.45, 2.75) is 0 Å². The molecular weight excluding hydrogens is 143 g/mol. The van der Waals surface area contributed by atoms with Gasteiger partial charge in [-0.3, -0.25) is 4.79 Å². The zero-order valence-electron chi connectivity index (χ0n) is 2.85. The molecule has 0 amide bonds. The van der Waals surface area contributed by atoms with Gasteiger partial charge in [-0.15, -0.1) is 12.4 Å². The van der Waals surface area contributed by atoms with Crippen LogP contribution in [0.4, 0.5) is 0 Å². The van der Waals surface area contributed by atoms with Crippen LogP contribution in [0.5, 0.6) is 0 Å². The third-order valence-electron chi connectivity index (χ3n) is 0.124. The zero-order valence-corrected chi connectivity index (χ0v) is 5.32. The lowest BCUT2D eigenvalue weighted by atomic mass is 10.9. The first-order chi connectivity index (χ1) is 2.27. The molecule has 4 heteroatoms. The van der Waals surface area contributed by atoms with Crippen LogP contribution in [0, 0.1) is 0 Å². The van der Waals surface area contributed by atoms with E-state index in [1.165, 1.54) is 0 Å². The molecule has 0 N–H and O–H groups in total. The molecule has 0 aliphatic rings. The number of hydrogen-bond acceptors (Lipinski definition) is 2. The van der Waals surface area contributed by atoms with Crippen molar-refractivity contribution in [3.05, 3.63) is 0 Å². The average molecular weight is 147 g/mol. The second-order valence-electron chi connectivity index (χ2n) is 0.513. The van der Waals surface area contributed by atoms with E-state index in [0.717, 1.165) is 0 Å². The smallest absolute Gasteiger partial charge is 0.231 e. The van der Waals surface area contributed by atoms with Crippen molar-refractivity contribution in [3.8, 4) is 0 Å². The van der Waals surface area contributed by atoms with Crippen LogP contribution < -0.4 is 0 Å². The first-order valence-electron chi connectivity index (χ1n) is 1.06. The average Bonchev–Trinajstić information content (AvgIpc) is 1.38. The highest BCUT2D eigenvalue weighted by Gasteiger charge is 1.81. The van der Waals surface area contributed by atoms with Crippen molar-refractivity contribution in [1.82, 2.24) is 0 Å². The molecule has 0 bridgehead atoms. The molecule has 0 aliphatic carbocycles. The van der Waals surface area contributed by atoms with Crippen molar-refractivity contribution in [1.29, 1.82) is 0 Å². The Kier molecular flexibility index (Phi) is 9.13. The largest absolute Gasteiger partial charge is 0.280 e. The predicted octanol–water partition coefficient (Wildman–Crippen LogP) is 1.10. The second-order valence-corrected chi connectivity index (χ2v) is 1.25. The Labute approximate surface area is 52.9 Å². The van der Waals surface area contributed by atoms with Crippen molar-refractivity contribution >= 4 is 41.9 Å². The van der Waals surface area contributed by atoms with Crippen LogP contribution in [0.25, 0.3) is 0 Å². The standard InChI is InChI=1S/C2H3ClOS.ClH/c3-2(4)1-5;/h5H,1H2;1H. The molecule has 0 aliphatic heterocycles. The first-order valence-corrected chi connectivity index (χ1v) is 2.07. The molecule has 0 aromatic rings. The van der Waals surface area contributed by atoms with Crippen molar-refractivity contribution in [2.75, 3.05) is 5.75 Å². The van der Waals surface area contributed by atoms with Gasteiger partial charge in [-0.05, 0) is 11.6 Å². The molecule has 0 aromatic carbocycles. The van der Waals surface area contributed by atoms with E-state index >= 15 is 0 Å². The summed E-state index contributed by atoms with van der Waals surface area (Å²) in [4.78, 5) is 9.50. The van der Waals surface area contributed by atoms with Crippen LogP contribution in [-0.4, -0.2) is 11.0 Å². The fraction of sp³-hybridized carbons (Fsp3) is 0.500. The third kappa shape index (κ3) is 8.82. The Hall–Kier alpha value is 0.600. The predicted molar refractivity (Wildman–Crippen MR) is 32.0 cm³/mol. The van der Waals surface area contributed by atoms with E-state index in [1.54, 1.807) is 0 Å². The van der Waals surface area contributed by atoms with Crippen LogP contribution in [0.15, 0.2) is 0 Å². The van der Waals surface area contributed by atoms with Gasteiger partial charge in [0.2, 0.25) is 5.24 Å². The fourth-order valence-electron chi connectivity index (χ4n) is 0. The third-order valence-corrected chi connectivity index (χ3v) is 0.732. The fourth-order valence-corrected chi connectivity index (χ4v) is 0. The van der Waals surface area contributed by atoms with E-state index in [-0.39, 0.29) is 18.2 Å². The summed E-state index contributed by atoms with van der Waals surface area (Å²) < 4.78 is 0. The molecule has 0 saturated carbocycles. The Morgan fingerprint density at radius 2 is 2.00 bits per heavy atom. The minimum absolute atomic E-state index is 0. The summed E-state index contributed by atoms with van der Waals surface area (Å²) in [7, 11) is 0. The van der Waals surface area contributed by atoms with E-state index < -0.39 is 5.24 Å². The summed E-state index contributed by atoms with van der Waals surface area (Å²) in [6, 6.07) is 0. The summed E-state index contributed by atoms with van der Waals surface area (Å²) in [6.07, 6.45) is 0. The molecule has 38 valence electrons. The van der Waals surface area contributed by atoms with Crippen LogP contribution in [-0.2, 0) is 4.79 Å². The van der Waals surface area contributed by atoms with Gasteiger partial charge in [0.1, 0.15) is 0 Å². The molecule has 0 rings (SSSR count). The summed E-state index contributed by atoms with van der Waals surface area (Å²) >= 11 is 8.28. The molecule has 0 heterocycles. The van der Waals surface area contributed by atoms with Gasteiger partial charge in [0.05, 0.1) is 5.75 Å². The molecule has 0 atom stereocenters. The molecule has 0 aromatic heterocycles. The van der Waals surface area contributed by atoms with Crippen molar-refractivity contribution in [3.63, 3.8) is 0 Å². The number of rotatable bonds is 1. The van der Waals surface area contributed by atoms with Crippen LogP contribution in [0.3, 0.4) is 0 Å². The van der Waals surface area contributed by atoms with E-state index in [9.17, 15) is 4.79 Å². The van der Waals surface area contributed by atoms with Crippen molar-refractivity contribution < 1.29 is 4.79 Å². The number of carbonyl (C=O) groups is 1. The van der Waals surface area contributed by atoms with Gasteiger partial charge in [0.25, 0.3) is 0 Å². The Morgan fingerprint density at radius 1 is 1.83 bits per heavy atom. The Balaban J connectivity index is 0. The van der Waals surface area contributed by atoms with Crippen LogP contribution >= 0.6 is 36.6 Å². The normalized spacial score (nSPS) is 6.33. The van der Waals surface area contributed by atoms with Crippen molar-refractivity contribution in [2.24, 2.45) is 0 Å². The number of thiol groups is 1. The molecule has 0 saturated heterocycles. The first kappa shape index (κ1) is 9.78. The lowest BCUT2D eigenvalue weighted by molar-refractivity contribution is -0.109. The molecular formula is C2H4Cl2OS. The summed E-state index contributed by atoms with van der Waals surface area (Å²) in [5.74, 6) is 0.127. The van der Waals surface area contributed by atoms with E-state index in [2.05, 4.69) is 12.6 Å². The van der Waals surface area contributed by atoms with Gasteiger partial charge in [0.15, 0.2) is 0 Å².